The van der Waals surface area contributed by atoms with Crippen molar-refractivity contribution >= 4 is 38.5 Å². The molecule has 0 saturated heterocycles. The van der Waals surface area contributed by atoms with Crippen LogP contribution in [0.5, 0.6) is 0 Å². The molecule has 3 aliphatic rings. The van der Waals surface area contributed by atoms with Gasteiger partial charge in [0.1, 0.15) is 10.3 Å². The number of rotatable bonds is 0. The number of anilines is 1. The summed E-state index contributed by atoms with van der Waals surface area (Å²) in [5.74, 6) is 0.577. The number of nitrogens with one attached hydrogen (secondary N) is 1. The molecule has 0 amide bonds. The topological polar surface area (TPSA) is 74.2 Å². The van der Waals surface area contributed by atoms with Gasteiger partial charge in [0.15, 0.2) is 11.2 Å². The lowest BCUT2D eigenvalue weighted by molar-refractivity contribution is 0.374. The molecule has 4 heterocycles. The average molecular weight is 346 g/mol. The Morgan fingerprint density at radius 2 is 2.29 bits per heavy atom. The van der Waals surface area contributed by atoms with Gasteiger partial charge in [-0.1, -0.05) is 0 Å². The van der Waals surface area contributed by atoms with Crippen molar-refractivity contribution in [3.8, 4) is 0 Å². The van der Waals surface area contributed by atoms with Crippen LogP contribution in [-0.4, -0.2) is 39.8 Å². The predicted molar refractivity (Wildman–Crippen MR) is 83.1 cm³/mol. The Balaban J connectivity index is 1.81. The monoisotopic (exact) mass is 345 g/mol. The zero-order chi connectivity index (χ0) is 14.1. The molecule has 1 N–H and O–H groups in total. The molecule has 21 heavy (non-hydrogen) atoms. The molecule has 1 saturated carbocycles. The summed E-state index contributed by atoms with van der Waals surface area (Å²) < 4.78 is 0.582. The van der Waals surface area contributed by atoms with E-state index in [9.17, 15) is 4.79 Å². The van der Waals surface area contributed by atoms with E-state index in [1.807, 2.05) is 0 Å². The molecule has 1 unspecified atom stereocenters. The molecule has 2 aromatic rings. The number of fused-ring (bicyclic) bond motifs is 3. The normalized spacial score (nSPS) is 26.0. The number of hydrogen-bond donors (Lipinski definition) is 1. The highest BCUT2D eigenvalue weighted by Crippen LogP contribution is 2.42. The SMILES string of the molecule is O=c1c2c([nH]c3ncc(Br)nc13)CC1CC3=NCCN2[C@H]31. The average Bonchev–Trinajstić information content (AvgIpc) is 2.46. The molecule has 0 radical (unpaired) electrons. The predicted octanol–water partition coefficient (Wildman–Crippen LogP) is 1.29. The molecule has 2 aliphatic heterocycles. The number of pyridine rings is 1. The van der Waals surface area contributed by atoms with Gasteiger partial charge in [-0.05, 0) is 34.7 Å². The van der Waals surface area contributed by atoms with E-state index >= 15 is 0 Å². The molecule has 2 aromatic heterocycles. The molecule has 0 bridgehead atoms. The lowest BCUT2D eigenvalue weighted by Gasteiger charge is -2.52. The second kappa shape index (κ2) is 3.91. The Hall–Kier alpha value is -1.76. The van der Waals surface area contributed by atoms with Gasteiger partial charge in [0.25, 0.3) is 0 Å². The summed E-state index contributed by atoms with van der Waals surface area (Å²) in [5, 5.41) is 0. The smallest absolute Gasteiger partial charge is 0.233 e. The molecule has 0 aromatic carbocycles. The summed E-state index contributed by atoms with van der Waals surface area (Å²) in [6.07, 6.45) is 3.58. The minimum Gasteiger partial charge on any atom is -0.356 e. The van der Waals surface area contributed by atoms with Crippen molar-refractivity contribution in [1.82, 2.24) is 15.0 Å². The summed E-state index contributed by atoms with van der Waals surface area (Å²) in [6.45, 7) is 1.59. The molecule has 1 fully saturated rings. The molecular formula is C14H12BrN5O. The van der Waals surface area contributed by atoms with E-state index in [1.165, 1.54) is 5.71 Å². The molecule has 7 heteroatoms. The molecule has 6 nitrogen and oxygen atoms in total. The van der Waals surface area contributed by atoms with Crippen LogP contribution in [0.1, 0.15) is 12.1 Å². The Labute approximate surface area is 128 Å². The van der Waals surface area contributed by atoms with Crippen LogP contribution in [0.4, 0.5) is 5.69 Å². The third-order valence-electron chi connectivity index (χ3n) is 4.73. The Bertz CT molecular complexity index is 874. The number of aliphatic imine (C=N–C) groups is 1. The molecule has 106 valence electrons. The summed E-state index contributed by atoms with van der Waals surface area (Å²) in [4.78, 5) is 31.6. The van der Waals surface area contributed by atoms with Crippen LogP contribution in [0.3, 0.4) is 0 Å². The van der Waals surface area contributed by atoms with Crippen molar-refractivity contribution in [2.24, 2.45) is 10.9 Å². The van der Waals surface area contributed by atoms with Gasteiger partial charge in [0, 0.05) is 18.0 Å². The number of H-pyrrole nitrogens is 1. The van der Waals surface area contributed by atoms with Gasteiger partial charge >= 0.3 is 0 Å². The van der Waals surface area contributed by atoms with Crippen LogP contribution >= 0.6 is 15.9 Å². The fraction of sp³-hybridized carbons (Fsp3) is 0.429. The third kappa shape index (κ3) is 1.47. The van der Waals surface area contributed by atoms with Gasteiger partial charge in [-0.15, -0.1) is 0 Å². The number of halogens is 1. The zero-order valence-electron chi connectivity index (χ0n) is 11.1. The van der Waals surface area contributed by atoms with Gasteiger partial charge in [-0.25, -0.2) is 9.97 Å². The Morgan fingerprint density at radius 1 is 1.38 bits per heavy atom. The van der Waals surface area contributed by atoms with E-state index in [-0.39, 0.29) is 5.43 Å². The van der Waals surface area contributed by atoms with Gasteiger partial charge in [0.05, 0.1) is 18.8 Å². The van der Waals surface area contributed by atoms with Gasteiger partial charge < -0.3 is 9.88 Å². The highest BCUT2D eigenvalue weighted by atomic mass is 79.9. The first-order chi connectivity index (χ1) is 10.2. The Kier molecular flexibility index (Phi) is 2.21. The van der Waals surface area contributed by atoms with Crippen molar-refractivity contribution in [3.63, 3.8) is 0 Å². The largest absolute Gasteiger partial charge is 0.356 e. The number of nitrogens with zero attached hydrogens (tertiary/aromatic N) is 4. The van der Waals surface area contributed by atoms with Crippen molar-refractivity contribution in [2.75, 3.05) is 18.0 Å². The molecule has 5 rings (SSSR count). The van der Waals surface area contributed by atoms with Gasteiger partial charge in [-0.2, -0.15) is 0 Å². The zero-order valence-corrected chi connectivity index (χ0v) is 12.7. The van der Waals surface area contributed by atoms with Crippen LogP contribution in [0.25, 0.3) is 11.2 Å². The first-order valence-electron chi connectivity index (χ1n) is 7.09. The second-order valence-corrected chi connectivity index (χ2v) is 6.66. The van der Waals surface area contributed by atoms with Crippen LogP contribution in [0, 0.1) is 5.92 Å². The minimum atomic E-state index is -0.0147. The van der Waals surface area contributed by atoms with E-state index in [2.05, 4.69) is 40.8 Å². The van der Waals surface area contributed by atoms with E-state index in [0.29, 0.717) is 27.7 Å². The van der Waals surface area contributed by atoms with Crippen molar-refractivity contribution < 1.29 is 0 Å². The van der Waals surface area contributed by atoms with Crippen LogP contribution < -0.4 is 10.3 Å². The lowest BCUT2D eigenvalue weighted by Crippen LogP contribution is -2.62. The highest BCUT2D eigenvalue weighted by molar-refractivity contribution is 9.10. The van der Waals surface area contributed by atoms with E-state index < -0.39 is 0 Å². The Morgan fingerprint density at radius 3 is 3.19 bits per heavy atom. The molecule has 0 spiro atoms. The van der Waals surface area contributed by atoms with E-state index in [0.717, 1.165) is 37.3 Å². The van der Waals surface area contributed by atoms with Crippen LogP contribution in [-0.2, 0) is 6.42 Å². The summed E-state index contributed by atoms with van der Waals surface area (Å²) in [7, 11) is 0. The van der Waals surface area contributed by atoms with Gasteiger partial charge in [0.2, 0.25) is 5.43 Å². The summed E-state index contributed by atoms with van der Waals surface area (Å²) in [5.41, 5.74) is 4.01. The minimum absolute atomic E-state index is 0.0147. The molecule has 2 atom stereocenters. The van der Waals surface area contributed by atoms with Gasteiger partial charge in [-0.3, -0.25) is 9.79 Å². The number of aromatic amines is 1. The second-order valence-electron chi connectivity index (χ2n) is 5.85. The summed E-state index contributed by atoms with van der Waals surface area (Å²) >= 11 is 3.29. The van der Waals surface area contributed by atoms with Crippen LogP contribution in [0.2, 0.25) is 0 Å². The van der Waals surface area contributed by atoms with Crippen molar-refractivity contribution in [3.05, 3.63) is 26.7 Å². The maximum Gasteiger partial charge on any atom is 0.233 e. The first-order valence-corrected chi connectivity index (χ1v) is 7.89. The fourth-order valence-electron chi connectivity index (χ4n) is 3.86. The van der Waals surface area contributed by atoms with Crippen molar-refractivity contribution in [2.45, 2.75) is 18.9 Å². The standard InChI is InChI=1S/C14H12BrN5O/c15-9-5-17-14-10(19-9)13(21)12-8(18-14)4-6-3-7-11(6)20(12)2-1-16-7/h5-6,11H,1-4H2,(H,17,18,21)/t6?,11-/m0/s1. The van der Waals surface area contributed by atoms with Crippen LogP contribution in [0.15, 0.2) is 20.6 Å². The molecular weight excluding hydrogens is 334 g/mol. The van der Waals surface area contributed by atoms with E-state index in [1.54, 1.807) is 6.20 Å². The first kappa shape index (κ1) is 11.9. The number of hydrogen-bond acceptors (Lipinski definition) is 5. The molecule has 1 aliphatic carbocycles. The maximum absolute atomic E-state index is 12.9. The third-order valence-corrected chi connectivity index (χ3v) is 5.11. The van der Waals surface area contributed by atoms with Crippen molar-refractivity contribution in [1.29, 1.82) is 0 Å². The number of aromatic nitrogens is 3. The maximum atomic E-state index is 12.9. The van der Waals surface area contributed by atoms with E-state index in [4.69, 9.17) is 0 Å². The highest BCUT2D eigenvalue weighted by Gasteiger charge is 2.48. The fourth-order valence-corrected chi connectivity index (χ4v) is 4.14. The lowest BCUT2D eigenvalue weighted by atomic mass is 9.70. The quantitative estimate of drug-likeness (QED) is 0.780. The summed E-state index contributed by atoms with van der Waals surface area (Å²) in [6, 6.07) is 0.338.